The van der Waals surface area contributed by atoms with Gasteiger partial charge in [-0.2, -0.15) is 0 Å². The Labute approximate surface area is 219 Å². The van der Waals surface area contributed by atoms with E-state index in [1.54, 1.807) is 60.7 Å². The third-order valence-electron chi connectivity index (χ3n) is 5.90. The van der Waals surface area contributed by atoms with Crippen LogP contribution in [-0.4, -0.2) is 50.2 Å². The molecule has 3 amide bonds. The maximum absolute atomic E-state index is 13.3. The van der Waals surface area contributed by atoms with Crippen LogP contribution in [-0.2, 0) is 30.8 Å². The highest BCUT2D eigenvalue weighted by molar-refractivity contribution is 7.89. The number of para-hydroxylation sites is 1. The van der Waals surface area contributed by atoms with E-state index in [-0.39, 0.29) is 24.5 Å². The summed E-state index contributed by atoms with van der Waals surface area (Å²) in [6.45, 7) is -0.225. The number of nitrogens with two attached hydrogens (primary N) is 1. The van der Waals surface area contributed by atoms with E-state index in [1.807, 2.05) is 6.07 Å². The Morgan fingerprint density at radius 2 is 1.65 bits per heavy atom. The molecular weight excluding hydrogens is 518 g/mol. The highest BCUT2D eigenvalue weighted by Crippen LogP contribution is 2.27. The molecule has 1 fully saturated rings. The van der Waals surface area contributed by atoms with Crippen molar-refractivity contribution < 1.29 is 27.5 Å². The monoisotopic (exact) mass is 541 g/mol. The van der Waals surface area contributed by atoms with Crippen LogP contribution in [0.15, 0.2) is 83.8 Å². The van der Waals surface area contributed by atoms with Gasteiger partial charge >= 0.3 is 0 Å². The molecule has 1 heterocycles. The average molecular weight is 542 g/mol. The van der Waals surface area contributed by atoms with Gasteiger partial charge in [-0.25, -0.2) is 18.5 Å². The molecule has 1 aliphatic heterocycles. The summed E-state index contributed by atoms with van der Waals surface area (Å²) >= 11 is 5.94. The minimum Gasteiger partial charge on any atom is -0.484 e. The predicted molar refractivity (Wildman–Crippen MR) is 138 cm³/mol. The minimum absolute atomic E-state index is 0.0318. The van der Waals surface area contributed by atoms with Crippen LogP contribution in [0.1, 0.15) is 12.0 Å². The SMILES string of the molecule is NS(=O)(=O)c1ccc(CCN(C(=O)COc2ccccc2)C2CC(=O)N(c3ccc(Cl)cc3)C2=O)cc1. The number of sulfonamides is 1. The standard InChI is InChI=1S/C26H24ClN3O6S/c27-19-8-10-20(11-9-19)30-24(31)16-23(26(30)33)29(25(32)17-36-21-4-2-1-3-5-21)15-14-18-6-12-22(13-7-18)37(28,34)35/h1-13,23H,14-17H2,(H2,28,34,35). The molecule has 1 atom stereocenters. The quantitative estimate of drug-likeness (QED) is 0.415. The molecule has 4 rings (SSSR count). The van der Waals surface area contributed by atoms with Crippen molar-refractivity contribution in [1.29, 1.82) is 0 Å². The zero-order chi connectivity index (χ0) is 26.6. The Balaban J connectivity index is 1.54. The molecule has 0 aliphatic carbocycles. The first-order valence-corrected chi connectivity index (χ1v) is 13.3. The smallest absolute Gasteiger partial charge is 0.261 e. The number of carbonyl (C=O) groups is 3. The number of rotatable bonds is 9. The fourth-order valence-electron chi connectivity index (χ4n) is 4.02. The first-order valence-electron chi connectivity index (χ1n) is 11.3. The van der Waals surface area contributed by atoms with Crippen molar-refractivity contribution in [3.05, 3.63) is 89.4 Å². The lowest BCUT2D eigenvalue weighted by molar-refractivity contribution is -0.140. The third kappa shape index (κ3) is 6.34. The second kappa shape index (κ2) is 11.1. The van der Waals surface area contributed by atoms with Gasteiger partial charge in [-0.3, -0.25) is 14.4 Å². The van der Waals surface area contributed by atoms with Crippen molar-refractivity contribution in [3.8, 4) is 5.75 Å². The van der Waals surface area contributed by atoms with E-state index in [2.05, 4.69) is 0 Å². The number of benzene rings is 3. The molecule has 9 nitrogen and oxygen atoms in total. The molecule has 1 aliphatic rings. The van der Waals surface area contributed by atoms with Crippen LogP contribution in [0.25, 0.3) is 0 Å². The van der Waals surface area contributed by atoms with E-state index in [9.17, 15) is 22.8 Å². The normalized spacial score (nSPS) is 15.6. The van der Waals surface area contributed by atoms with Gasteiger partial charge in [0, 0.05) is 11.6 Å². The Bertz CT molecular complexity index is 1400. The molecule has 2 N–H and O–H groups in total. The second-order valence-electron chi connectivity index (χ2n) is 8.39. The summed E-state index contributed by atoms with van der Waals surface area (Å²) in [7, 11) is -3.84. The first-order chi connectivity index (χ1) is 17.6. The van der Waals surface area contributed by atoms with Crippen molar-refractivity contribution in [1.82, 2.24) is 4.90 Å². The second-order valence-corrected chi connectivity index (χ2v) is 10.4. The van der Waals surface area contributed by atoms with Gasteiger partial charge in [-0.15, -0.1) is 0 Å². The highest BCUT2D eigenvalue weighted by atomic mass is 35.5. The highest BCUT2D eigenvalue weighted by Gasteiger charge is 2.44. The maximum atomic E-state index is 13.3. The zero-order valence-corrected chi connectivity index (χ0v) is 21.2. The fourth-order valence-corrected chi connectivity index (χ4v) is 4.66. The number of hydrogen-bond acceptors (Lipinski definition) is 6. The molecule has 37 heavy (non-hydrogen) atoms. The van der Waals surface area contributed by atoms with E-state index >= 15 is 0 Å². The summed E-state index contributed by atoms with van der Waals surface area (Å²) in [6.07, 6.45) is 0.129. The van der Waals surface area contributed by atoms with Gasteiger partial charge in [0.1, 0.15) is 11.8 Å². The van der Waals surface area contributed by atoms with Crippen molar-refractivity contribution in [2.45, 2.75) is 23.8 Å². The number of halogens is 1. The number of anilines is 1. The summed E-state index contributed by atoms with van der Waals surface area (Å²) in [5.41, 5.74) is 1.09. The Morgan fingerprint density at radius 3 is 2.27 bits per heavy atom. The Kier molecular flexibility index (Phi) is 7.91. The molecule has 0 saturated carbocycles. The molecule has 3 aromatic carbocycles. The summed E-state index contributed by atoms with van der Waals surface area (Å²) < 4.78 is 28.7. The van der Waals surface area contributed by atoms with Crippen LogP contribution >= 0.6 is 11.6 Å². The fraction of sp³-hybridized carbons (Fsp3) is 0.192. The van der Waals surface area contributed by atoms with Gasteiger partial charge in [0.05, 0.1) is 17.0 Å². The molecule has 3 aromatic rings. The zero-order valence-electron chi connectivity index (χ0n) is 19.6. The van der Waals surface area contributed by atoms with E-state index in [1.165, 1.54) is 17.0 Å². The van der Waals surface area contributed by atoms with Gasteiger partial charge in [0.2, 0.25) is 15.9 Å². The van der Waals surface area contributed by atoms with Gasteiger partial charge in [0.15, 0.2) is 6.61 Å². The number of amides is 3. The number of imide groups is 1. The summed E-state index contributed by atoms with van der Waals surface area (Å²) in [5, 5.41) is 5.62. The average Bonchev–Trinajstić information content (AvgIpc) is 3.17. The van der Waals surface area contributed by atoms with Crippen molar-refractivity contribution >= 4 is 45.0 Å². The lowest BCUT2D eigenvalue weighted by Crippen LogP contribution is -2.48. The van der Waals surface area contributed by atoms with Gasteiger partial charge < -0.3 is 9.64 Å². The number of ether oxygens (including phenoxy) is 1. The van der Waals surface area contributed by atoms with Crippen LogP contribution in [0, 0.1) is 0 Å². The maximum Gasteiger partial charge on any atom is 0.261 e. The Morgan fingerprint density at radius 1 is 1.00 bits per heavy atom. The van der Waals surface area contributed by atoms with E-state index in [0.717, 1.165) is 10.5 Å². The van der Waals surface area contributed by atoms with Crippen molar-refractivity contribution in [2.24, 2.45) is 5.14 Å². The van der Waals surface area contributed by atoms with Crippen molar-refractivity contribution in [3.63, 3.8) is 0 Å². The number of nitrogens with zero attached hydrogens (tertiary/aromatic N) is 2. The summed E-state index contributed by atoms with van der Waals surface area (Å²) in [5.74, 6) is -0.929. The lowest BCUT2D eigenvalue weighted by Gasteiger charge is -2.28. The molecule has 192 valence electrons. The van der Waals surface area contributed by atoms with Crippen LogP contribution in [0.4, 0.5) is 5.69 Å². The van der Waals surface area contributed by atoms with Gasteiger partial charge in [0.25, 0.3) is 11.8 Å². The van der Waals surface area contributed by atoms with E-state index in [0.29, 0.717) is 22.9 Å². The number of primary sulfonamides is 1. The molecule has 0 bridgehead atoms. The van der Waals surface area contributed by atoms with E-state index < -0.39 is 33.8 Å². The van der Waals surface area contributed by atoms with Crippen LogP contribution in [0.2, 0.25) is 5.02 Å². The number of hydrogen-bond donors (Lipinski definition) is 1. The minimum atomic E-state index is -3.84. The van der Waals surface area contributed by atoms with Crippen LogP contribution in [0.3, 0.4) is 0 Å². The largest absolute Gasteiger partial charge is 0.484 e. The topological polar surface area (TPSA) is 127 Å². The van der Waals surface area contributed by atoms with Crippen molar-refractivity contribution in [2.75, 3.05) is 18.1 Å². The van der Waals surface area contributed by atoms with E-state index in [4.69, 9.17) is 21.5 Å². The van der Waals surface area contributed by atoms with Crippen LogP contribution < -0.4 is 14.8 Å². The lowest BCUT2D eigenvalue weighted by atomic mass is 10.1. The summed E-state index contributed by atoms with van der Waals surface area (Å²) in [4.78, 5) is 41.8. The molecule has 1 unspecified atom stereocenters. The predicted octanol–water partition coefficient (Wildman–Crippen LogP) is 2.77. The molecule has 11 heteroatoms. The van der Waals surface area contributed by atoms with Gasteiger partial charge in [-0.05, 0) is 60.5 Å². The first kappa shape index (κ1) is 26.3. The summed E-state index contributed by atoms with van der Waals surface area (Å²) in [6, 6.07) is 20.0. The molecule has 1 saturated heterocycles. The molecule has 0 aromatic heterocycles. The molecular formula is C26H24ClN3O6S. The number of carbonyl (C=O) groups excluding carboxylic acids is 3. The third-order valence-corrected chi connectivity index (χ3v) is 7.08. The molecule has 0 spiro atoms. The van der Waals surface area contributed by atoms with Gasteiger partial charge in [-0.1, -0.05) is 41.9 Å². The van der Waals surface area contributed by atoms with Crippen LogP contribution in [0.5, 0.6) is 5.75 Å². The Hall–Kier alpha value is -3.73. The molecule has 0 radical (unpaired) electrons.